The molecule has 1 aliphatic heterocycles. The number of hydrogen-bond acceptors (Lipinski definition) is 6. The van der Waals surface area contributed by atoms with Gasteiger partial charge >= 0.3 is 6.03 Å². The zero-order chi connectivity index (χ0) is 22.6. The minimum atomic E-state index is -0.944. The molecule has 5 amide bonds. The van der Waals surface area contributed by atoms with Crippen molar-refractivity contribution in [2.24, 2.45) is 0 Å². The minimum absolute atomic E-state index is 0.267. The second kappa shape index (κ2) is 8.94. The summed E-state index contributed by atoms with van der Waals surface area (Å²) in [6.07, 6.45) is 3.72. The predicted molar refractivity (Wildman–Crippen MR) is 112 cm³/mol. The molecule has 1 aliphatic rings. The van der Waals surface area contributed by atoms with Crippen molar-refractivity contribution < 1.29 is 19.2 Å². The number of carbonyl (C=O) groups is 4. The van der Waals surface area contributed by atoms with Crippen LogP contribution in [-0.4, -0.2) is 55.5 Å². The third-order valence-electron chi connectivity index (χ3n) is 5.40. The standard InChI is InChI=1S/C20H25N7O4/c1-4-20(5-2)18(30)26(19(31)25-20)10-16(28)23-14-6-8-15(9-7-14)24-17(29)13(3)27-12-21-11-22-27/h6-9,11-13H,4-5,10H2,1-3H3,(H,23,28)(H,24,29)(H,25,31). The first-order valence-corrected chi connectivity index (χ1v) is 9.98. The number of hydrogen-bond donors (Lipinski definition) is 3. The molecule has 11 heteroatoms. The molecule has 11 nitrogen and oxygen atoms in total. The number of amides is 5. The molecule has 0 spiro atoms. The Hall–Kier alpha value is -3.76. The second-order valence-electron chi connectivity index (χ2n) is 7.28. The van der Waals surface area contributed by atoms with Crippen molar-refractivity contribution in [3.63, 3.8) is 0 Å². The lowest BCUT2D eigenvalue weighted by molar-refractivity contribution is -0.134. The van der Waals surface area contributed by atoms with E-state index in [4.69, 9.17) is 0 Å². The fraction of sp³-hybridized carbons (Fsp3) is 0.400. The van der Waals surface area contributed by atoms with Crippen LogP contribution in [0.2, 0.25) is 0 Å². The van der Waals surface area contributed by atoms with Gasteiger partial charge in [-0.25, -0.2) is 14.5 Å². The Balaban J connectivity index is 1.56. The number of rotatable bonds is 8. The molecule has 3 N–H and O–H groups in total. The maximum atomic E-state index is 12.6. The molecule has 164 valence electrons. The Morgan fingerprint density at radius 2 is 1.71 bits per heavy atom. The SMILES string of the molecule is CCC1(CC)NC(=O)N(CC(=O)Nc2ccc(NC(=O)C(C)n3cncn3)cc2)C1=O. The van der Waals surface area contributed by atoms with Crippen molar-refractivity contribution in [1.82, 2.24) is 25.0 Å². The Morgan fingerprint density at radius 3 is 2.23 bits per heavy atom. The molecule has 0 radical (unpaired) electrons. The van der Waals surface area contributed by atoms with Crippen LogP contribution in [0.3, 0.4) is 0 Å². The average molecular weight is 427 g/mol. The molecule has 0 aliphatic carbocycles. The highest BCUT2D eigenvalue weighted by Gasteiger charge is 2.49. The number of carbonyl (C=O) groups excluding carboxylic acids is 4. The summed E-state index contributed by atoms with van der Waals surface area (Å²) in [6.45, 7) is 4.96. The van der Waals surface area contributed by atoms with Gasteiger partial charge in [0.05, 0.1) is 0 Å². The molecular weight excluding hydrogens is 402 g/mol. The van der Waals surface area contributed by atoms with Gasteiger partial charge in [-0.3, -0.25) is 19.3 Å². The van der Waals surface area contributed by atoms with Gasteiger partial charge < -0.3 is 16.0 Å². The van der Waals surface area contributed by atoms with Gasteiger partial charge in [0, 0.05) is 11.4 Å². The Morgan fingerprint density at radius 1 is 1.10 bits per heavy atom. The van der Waals surface area contributed by atoms with Crippen molar-refractivity contribution in [3.05, 3.63) is 36.9 Å². The van der Waals surface area contributed by atoms with Gasteiger partial charge in [-0.15, -0.1) is 0 Å². The van der Waals surface area contributed by atoms with Crippen molar-refractivity contribution in [1.29, 1.82) is 0 Å². The number of imide groups is 1. The summed E-state index contributed by atoms with van der Waals surface area (Å²) in [4.78, 5) is 54.1. The van der Waals surface area contributed by atoms with E-state index in [0.717, 1.165) is 4.90 Å². The van der Waals surface area contributed by atoms with E-state index >= 15 is 0 Å². The summed E-state index contributed by atoms with van der Waals surface area (Å²) >= 11 is 0. The Labute approximate surface area is 179 Å². The molecule has 0 bridgehead atoms. The number of urea groups is 1. The highest BCUT2D eigenvalue weighted by Crippen LogP contribution is 2.25. The summed E-state index contributed by atoms with van der Waals surface area (Å²) in [5, 5.41) is 12.0. The quantitative estimate of drug-likeness (QED) is 0.546. The zero-order valence-corrected chi connectivity index (χ0v) is 17.6. The van der Waals surface area contributed by atoms with Crippen LogP contribution in [0, 0.1) is 0 Å². The minimum Gasteiger partial charge on any atom is -0.325 e. The molecule has 1 atom stereocenters. The molecule has 0 saturated carbocycles. The van der Waals surface area contributed by atoms with Crippen LogP contribution in [0.5, 0.6) is 0 Å². The maximum absolute atomic E-state index is 12.6. The third-order valence-corrected chi connectivity index (χ3v) is 5.40. The average Bonchev–Trinajstić information content (AvgIpc) is 3.38. The van der Waals surface area contributed by atoms with E-state index in [1.54, 1.807) is 31.2 Å². The van der Waals surface area contributed by atoms with E-state index in [-0.39, 0.29) is 12.5 Å². The molecule has 1 aromatic carbocycles. The van der Waals surface area contributed by atoms with E-state index in [1.165, 1.54) is 17.3 Å². The first-order chi connectivity index (χ1) is 14.8. The highest BCUT2D eigenvalue weighted by atomic mass is 16.2. The number of benzene rings is 1. The first-order valence-electron chi connectivity index (χ1n) is 9.98. The lowest BCUT2D eigenvalue weighted by Crippen LogP contribution is -2.46. The molecule has 31 heavy (non-hydrogen) atoms. The summed E-state index contributed by atoms with van der Waals surface area (Å²) in [7, 11) is 0. The number of nitrogens with zero attached hydrogens (tertiary/aromatic N) is 4. The summed E-state index contributed by atoms with van der Waals surface area (Å²) in [5.74, 6) is -1.16. The molecule has 1 fully saturated rings. The summed E-state index contributed by atoms with van der Waals surface area (Å²) in [5.41, 5.74) is 0.0667. The van der Waals surface area contributed by atoms with E-state index in [9.17, 15) is 19.2 Å². The molecule has 1 saturated heterocycles. The topological polar surface area (TPSA) is 138 Å². The molecule has 2 aromatic rings. The van der Waals surface area contributed by atoms with Crippen molar-refractivity contribution >= 4 is 35.1 Å². The fourth-order valence-electron chi connectivity index (χ4n) is 3.31. The predicted octanol–water partition coefficient (Wildman–Crippen LogP) is 1.53. The van der Waals surface area contributed by atoms with Crippen LogP contribution in [-0.2, 0) is 14.4 Å². The number of aromatic nitrogens is 3. The normalized spacial score (nSPS) is 16.0. The Kier molecular flexibility index (Phi) is 6.33. The van der Waals surface area contributed by atoms with Gasteiger partial charge in [-0.2, -0.15) is 5.10 Å². The van der Waals surface area contributed by atoms with Crippen molar-refractivity contribution in [2.75, 3.05) is 17.2 Å². The monoisotopic (exact) mass is 427 g/mol. The van der Waals surface area contributed by atoms with Gasteiger partial charge in [-0.05, 0) is 44.0 Å². The van der Waals surface area contributed by atoms with E-state index in [1.807, 2.05) is 13.8 Å². The van der Waals surface area contributed by atoms with E-state index < -0.39 is 29.4 Å². The molecule has 2 heterocycles. The van der Waals surface area contributed by atoms with Crippen LogP contribution < -0.4 is 16.0 Å². The lowest BCUT2D eigenvalue weighted by atomic mass is 9.93. The van der Waals surface area contributed by atoms with Crippen LogP contribution in [0.25, 0.3) is 0 Å². The lowest BCUT2D eigenvalue weighted by Gasteiger charge is -2.23. The Bertz CT molecular complexity index is 968. The third kappa shape index (κ3) is 4.55. The largest absolute Gasteiger partial charge is 0.325 e. The summed E-state index contributed by atoms with van der Waals surface area (Å²) < 4.78 is 1.44. The van der Waals surface area contributed by atoms with Gasteiger partial charge in [0.25, 0.3) is 5.91 Å². The van der Waals surface area contributed by atoms with E-state index in [2.05, 4.69) is 26.0 Å². The van der Waals surface area contributed by atoms with Gasteiger partial charge in [-0.1, -0.05) is 13.8 Å². The maximum Gasteiger partial charge on any atom is 0.325 e. The smallest absolute Gasteiger partial charge is 0.325 e. The zero-order valence-electron chi connectivity index (χ0n) is 17.6. The molecule has 1 aromatic heterocycles. The van der Waals surface area contributed by atoms with Crippen LogP contribution in [0.1, 0.15) is 39.7 Å². The van der Waals surface area contributed by atoms with Crippen molar-refractivity contribution in [3.8, 4) is 0 Å². The molecular formula is C20H25N7O4. The second-order valence-corrected chi connectivity index (χ2v) is 7.28. The van der Waals surface area contributed by atoms with Crippen molar-refractivity contribution in [2.45, 2.75) is 45.2 Å². The van der Waals surface area contributed by atoms with Crippen LogP contribution in [0.15, 0.2) is 36.9 Å². The molecule has 1 unspecified atom stereocenters. The van der Waals surface area contributed by atoms with E-state index in [0.29, 0.717) is 24.2 Å². The van der Waals surface area contributed by atoms with Crippen LogP contribution >= 0.6 is 0 Å². The van der Waals surface area contributed by atoms with Gasteiger partial charge in [0.2, 0.25) is 11.8 Å². The first kappa shape index (κ1) is 21.9. The number of anilines is 2. The van der Waals surface area contributed by atoms with Gasteiger partial charge in [0.15, 0.2) is 0 Å². The molecule has 3 rings (SSSR count). The fourth-order valence-corrected chi connectivity index (χ4v) is 3.31. The number of nitrogens with one attached hydrogen (secondary N) is 3. The van der Waals surface area contributed by atoms with Crippen LogP contribution in [0.4, 0.5) is 16.2 Å². The van der Waals surface area contributed by atoms with Gasteiger partial charge in [0.1, 0.15) is 30.8 Å². The highest BCUT2D eigenvalue weighted by molar-refractivity contribution is 6.10. The summed E-state index contributed by atoms with van der Waals surface area (Å²) in [6, 6.07) is 5.39.